The maximum absolute atomic E-state index is 5.63. The van der Waals surface area contributed by atoms with Crippen LogP contribution >= 0.6 is 11.3 Å². The predicted octanol–water partition coefficient (Wildman–Crippen LogP) is 1.93. The van der Waals surface area contributed by atoms with E-state index in [1.165, 1.54) is 5.56 Å². The van der Waals surface area contributed by atoms with Crippen molar-refractivity contribution in [3.05, 3.63) is 39.8 Å². The zero-order valence-corrected chi connectivity index (χ0v) is 11.0. The third kappa shape index (κ3) is 2.94. The molecule has 0 fully saturated rings. The van der Waals surface area contributed by atoms with E-state index in [4.69, 9.17) is 5.84 Å². The molecule has 0 spiro atoms. The monoisotopic (exact) mass is 250 g/mol. The van der Waals surface area contributed by atoms with Gasteiger partial charge in [-0.05, 0) is 48.2 Å². The third-order valence-corrected chi connectivity index (χ3v) is 3.63. The van der Waals surface area contributed by atoms with Crippen molar-refractivity contribution in [1.82, 2.24) is 15.2 Å². The number of hydrogen-bond donors (Lipinski definition) is 2. The highest BCUT2D eigenvalue weighted by Gasteiger charge is 2.14. The molecule has 0 radical (unpaired) electrons. The number of nitrogens with two attached hydrogens (primary N) is 1. The summed E-state index contributed by atoms with van der Waals surface area (Å²) < 4.78 is 1.90. The minimum absolute atomic E-state index is 0.154. The van der Waals surface area contributed by atoms with Crippen molar-refractivity contribution in [2.75, 3.05) is 0 Å². The number of nitrogens with zero attached hydrogens (tertiary/aromatic N) is 2. The molecule has 0 bridgehead atoms. The summed E-state index contributed by atoms with van der Waals surface area (Å²) in [4.78, 5) is 0. The van der Waals surface area contributed by atoms with Crippen LogP contribution in [0.5, 0.6) is 0 Å². The number of hydrogen-bond acceptors (Lipinski definition) is 4. The molecule has 2 aromatic heterocycles. The van der Waals surface area contributed by atoms with Crippen LogP contribution < -0.4 is 11.3 Å². The Morgan fingerprint density at radius 3 is 2.94 bits per heavy atom. The van der Waals surface area contributed by atoms with E-state index in [1.54, 1.807) is 11.3 Å². The Morgan fingerprint density at radius 2 is 2.41 bits per heavy atom. The number of nitrogens with one attached hydrogen (secondary N) is 1. The zero-order chi connectivity index (χ0) is 12.3. The van der Waals surface area contributed by atoms with Gasteiger partial charge in [-0.1, -0.05) is 0 Å². The van der Waals surface area contributed by atoms with Gasteiger partial charge >= 0.3 is 0 Å². The summed E-state index contributed by atoms with van der Waals surface area (Å²) in [6, 6.07) is 4.39. The summed E-state index contributed by atoms with van der Waals surface area (Å²) in [5, 5.41) is 8.64. The van der Waals surface area contributed by atoms with Gasteiger partial charge in [0, 0.05) is 7.05 Å². The number of hydrazine groups is 1. The van der Waals surface area contributed by atoms with Crippen molar-refractivity contribution in [3.8, 4) is 0 Å². The minimum Gasteiger partial charge on any atom is -0.271 e. The van der Waals surface area contributed by atoms with Gasteiger partial charge in [-0.3, -0.25) is 16.0 Å². The second-order valence-electron chi connectivity index (χ2n) is 4.22. The lowest BCUT2D eigenvalue weighted by Gasteiger charge is -2.15. The maximum atomic E-state index is 5.63. The van der Waals surface area contributed by atoms with Gasteiger partial charge < -0.3 is 0 Å². The molecule has 2 aromatic rings. The van der Waals surface area contributed by atoms with Crippen molar-refractivity contribution in [1.29, 1.82) is 0 Å². The average molecular weight is 250 g/mol. The van der Waals surface area contributed by atoms with Crippen molar-refractivity contribution in [3.63, 3.8) is 0 Å². The fourth-order valence-electron chi connectivity index (χ4n) is 2.02. The number of rotatable bonds is 5. The normalized spacial score (nSPS) is 12.9. The van der Waals surface area contributed by atoms with Crippen LogP contribution in [-0.4, -0.2) is 9.78 Å². The second-order valence-corrected chi connectivity index (χ2v) is 5.00. The van der Waals surface area contributed by atoms with E-state index < -0.39 is 0 Å². The van der Waals surface area contributed by atoms with Crippen LogP contribution in [0.15, 0.2) is 22.9 Å². The molecule has 0 amide bonds. The van der Waals surface area contributed by atoms with Gasteiger partial charge in [0.05, 0.1) is 17.4 Å². The van der Waals surface area contributed by atoms with Gasteiger partial charge in [0.25, 0.3) is 0 Å². The molecule has 0 aliphatic carbocycles. The lowest BCUT2D eigenvalue weighted by atomic mass is 10.1. The highest BCUT2D eigenvalue weighted by Crippen LogP contribution is 2.19. The summed E-state index contributed by atoms with van der Waals surface area (Å²) in [5.41, 5.74) is 6.41. The molecule has 3 N–H and O–H groups in total. The van der Waals surface area contributed by atoms with Crippen LogP contribution in [0.4, 0.5) is 0 Å². The molecule has 92 valence electrons. The Labute approximate surface area is 105 Å². The number of aromatic nitrogens is 2. The molecule has 0 aliphatic rings. The van der Waals surface area contributed by atoms with E-state index in [0.29, 0.717) is 0 Å². The minimum atomic E-state index is 0.154. The van der Waals surface area contributed by atoms with E-state index in [9.17, 15) is 0 Å². The van der Waals surface area contributed by atoms with Gasteiger partial charge in [0.2, 0.25) is 0 Å². The van der Waals surface area contributed by atoms with Crippen LogP contribution in [0, 0.1) is 6.92 Å². The topological polar surface area (TPSA) is 55.9 Å². The van der Waals surface area contributed by atoms with Gasteiger partial charge in [-0.25, -0.2) is 0 Å². The van der Waals surface area contributed by atoms with Crippen LogP contribution in [0.1, 0.15) is 29.4 Å². The fraction of sp³-hybridized carbons (Fsp3) is 0.417. The zero-order valence-electron chi connectivity index (χ0n) is 10.2. The van der Waals surface area contributed by atoms with Crippen molar-refractivity contribution < 1.29 is 0 Å². The molecule has 0 aromatic carbocycles. The summed E-state index contributed by atoms with van der Waals surface area (Å²) >= 11 is 1.73. The summed E-state index contributed by atoms with van der Waals surface area (Å²) in [5.74, 6) is 5.63. The smallest absolute Gasteiger partial charge is 0.0632 e. The van der Waals surface area contributed by atoms with Gasteiger partial charge in [-0.2, -0.15) is 16.4 Å². The molecule has 2 rings (SSSR count). The highest BCUT2D eigenvalue weighted by atomic mass is 32.1. The quantitative estimate of drug-likeness (QED) is 0.630. The highest BCUT2D eigenvalue weighted by molar-refractivity contribution is 7.07. The first-order valence-electron chi connectivity index (χ1n) is 5.68. The Hall–Kier alpha value is -1.17. The molecule has 2 heterocycles. The molecule has 0 aliphatic heterocycles. The first-order chi connectivity index (χ1) is 8.20. The molecule has 17 heavy (non-hydrogen) atoms. The van der Waals surface area contributed by atoms with Crippen molar-refractivity contribution >= 4 is 11.3 Å². The summed E-state index contributed by atoms with van der Waals surface area (Å²) in [6.07, 6.45) is 2.01. The van der Waals surface area contributed by atoms with Gasteiger partial charge in [-0.15, -0.1) is 0 Å². The third-order valence-electron chi connectivity index (χ3n) is 2.90. The van der Waals surface area contributed by atoms with Crippen LogP contribution in [0.2, 0.25) is 0 Å². The van der Waals surface area contributed by atoms with Gasteiger partial charge in [0.15, 0.2) is 0 Å². The van der Waals surface area contributed by atoms with Crippen LogP contribution in [0.25, 0.3) is 0 Å². The van der Waals surface area contributed by atoms with Crippen molar-refractivity contribution in [2.24, 2.45) is 12.9 Å². The molecule has 5 heteroatoms. The molecular formula is C12H18N4S. The first-order valence-corrected chi connectivity index (χ1v) is 6.62. The Balaban J connectivity index is 2.04. The first kappa shape index (κ1) is 12.3. The van der Waals surface area contributed by atoms with E-state index in [1.807, 2.05) is 18.7 Å². The summed E-state index contributed by atoms with van der Waals surface area (Å²) in [6.45, 7) is 2.00. The Morgan fingerprint density at radius 1 is 1.59 bits per heavy atom. The molecule has 1 atom stereocenters. The molecule has 1 unspecified atom stereocenters. The van der Waals surface area contributed by atoms with E-state index in [0.717, 1.165) is 24.2 Å². The number of aryl methyl sites for hydroxylation is 3. The maximum Gasteiger partial charge on any atom is 0.0632 e. The van der Waals surface area contributed by atoms with Crippen LogP contribution in [-0.2, 0) is 13.5 Å². The number of thiophene rings is 1. The lowest BCUT2D eigenvalue weighted by molar-refractivity contribution is 0.480. The molecule has 0 saturated heterocycles. The van der Waals surface area contributed by atoms with E-state index >= 15 is 0 Å². The molecule has 4 nitrogen and oxygen atoms in total. The fourth-order valence-corrected chi connectivity index (χ4v) is 2.72. The summed E-state index contributed by atoms with van der Waals surface area (Å²) in [7, 11) is 1.96. The standard InChI is InChI=1S/C12H18N4S/c1-9-7-12(16(2)15-9)11(14-13)4-3-10-5-6-17-8-10/h5-8,11,14H,3-4,13H2,1-2H3. The average Bonchev–Trinajstić information content (AvgIpc) is 2.90. The lowest BCUT2D eigenvalue weighted by Crippen LogP contribution is -2.29. The van der Waals surface area contributed by atoms with Crippen molar-refractivity contribution in [2.45, 2.75) is 25.8 Å². The Kier molecular flexibility index (Phi) is 3.93. The predicted molar refractivity (Wildman–Crippen MR) is 70.6 cm³/mol. The van der Waals surface area contributed by atoms with Crippen LogP contribution in [0.3, 0.4) is 0 Å². The van der Waals surface area contributed by atoms with E-state index in [-0.39, 0.29) is 6.04 Å². The Bertz CT molecular complexity index is 461. The molecule has 0 saturated carbocycles. The second kappa shape index (κ2) is 5.44. The largest absolute Gasteiger partial charge is 0.271 e. The van der Waals surface area contributed by atoms with Gasteiger partial charge in [0.1, 0.15) is 0 Å². The SMILES string of the molecule is Cc1cc(C(CCc2ccsc2)NN)n(C)n1. The van der Waals surface area contributed by atoms with E-state index in [2.05, 4.69) is 33.4 Å². The molecular weight excluding hydrogens is 232 g/mol.